The minimum Gasteiger partial charge on any atom is -0.493 e. The Morgan fingerprint density at radius 1 is 0.960 bits per heavy atom. The number of hydrogen-bond donors (Lipinski definition) is 2. The smallest absolute Gasteiger partial charge is 0.340 e. The third-order valence-electron chi connectivity index (χ3n) is 3.47. The monoisotopic (exact) mass is 344 g/mol. The molecule has 25 heavy (non-hydrogen) atoms. The SMILES string of the molecule is COC(=O)c1cc(OC)c(OC)cc1NC(=O)NCc1ccccc1. The molecule has 132 valence electrons. The van der Waals surface area contributed by atoms with Gasteiger partial charge in [0.25, 0.3) is 0 Å². The quantitative estimate of drug-likeness (QED) is 0.787. The maximum atomic E-state index is 12.2. The lowest BCUT2D eigenvalue weighted by Gasteiger charge is -2.15. The Morgan fingerprint density at radius 3 is 2.20 bits per heavy atom. The summed E-state index contributed by atoms with van der Waals surface area (Å²) >= 11 is 0. The van der Waals surface area contributed by atoms with Crippen molar-refractivity contribution in [1.29, 1.82) is 0 Å². The predicted octanol–water partition coefficient (Wildman–Crippen LogP) is 2.81. The molecule has 0 atom stereocenters. The van der Waals surface area contributed by atoms with E-state index in [0.717, 1.165) is 5.56 Å². The van der Waals surface area contributed by atoms with Gasteiger partial charge in [0.1, 0.15) is 0 Å². The lowest BCUT2D eigenvalue weighted by molar-refractivity contribution is 0.0601. The van der Waals surface area contributed by atoms with Gasteiger partial charge in [0, 0.05) is 18.7 Å². The number of carbonyl (C=O) groups is 2. The van der Waals surface area contributed by atoms with E-state index in [9.17, 15) is 9.59 Å². The topological polar surface area (TPSA) is 85.9 Å². The van der Waals surface area contributed by atoms with E-state index in [0.29, 0.717) is 18.0 Å². The van der Waals surface area contributed by atoms with Gasteiger partial charge in [0.2, 0.25) is 0 Å². The fraction of sp³-hybridized carbons (Fsp3) is 0.222. The highest BCUT2D eigenvalue weighted by Crippen LogP contribution is 2.33. The molecule has 0 saturated carbocycles. The van der Waals surface area contributed by atoms with Crippen molar-refractivity contribution in [1.82, 2.24) is 5.32 Å². The molecule has 0 heterocycles. The summed E-state index contributed by atoms with van der Waals surface area (Å²) in [7, 11) is 4.19. The third kappa shape index (κ3) is 4.63. The average Bonchev–Trinajstić information content (AvgIpc) is 2.66. The van der Waals surface area contributed by atoms with Gasteiger partial charge in [0.05, 0.1) is 32.6 Å². The molecule has 2 aromatic carbocycles. The van der Waals surface area contributed by atoms with Gasteiger partial charge in [-0.2, -0.15) is 0 Å². The molecule has 2 rings (SSSR count). The molecule has 0 fully saturated rings. The van der Waals surface area contributed by atoms with E-state index < -0.39 is 12.0 Å². The van der Waals surface area contributed by atoms with Crippen molar-refractivity contribution in [2.75, 3.05) is 26.6 Å². The van der Waals surface area contributed by atoms with E-state index in [4.69, 9.17) is 14.2 Å². The Labute approximate surface area is 145 Å². The predicted molar refractivity (Wildman–Crippen MR) is 93.2 cm³/mol. The molecule has 0 aliphatic carbocycles. The van der Waals surface area contributed by atoms with E-state index in [1.54, 1.807) is 0 Å². The molecule has 0 radical (unpaired) electrons. The molecule has 0 aliphatic rings. The molecule has 2 aromatic rings. The molecule has 7 heteroatoms. The Hall–Kier alpha value is -3.22. The van der Waals surface area contributed by atoms with Crippen LogP contribution in [0.15, 0.2) is 42.5 Å². The first-order valence-electron chi connectivity index (χ1n) is 7.52. The normalized spacial score (nSPS) is 9.88. The van der Waals surface area contributed by atoms with Gasteiger partial charge in [-0.1, -0.05) is 30.3 Å². The summed E-state index contributed by atoms with van der Waals surface area (Å²) in [6.45, 7) is 0.355. The van der Waals surface area contributed by atoms with E-state index in [2.05, 4.69) is 10.6 Å². The number of esters is 1. The van der Waals surface area contributed by atoms with Crippen LogP contribution in [0.25, 0.3) is 0 Å². The Bertz CT molecular complexity index is 747. The molecule has 0 aliphatic heterocycles. The largest absolute Gasteiger partial charge is 0.493 e. The van der Waals surface area contributed by atoms with Crippen molar-refractivity contribution in [3.05, 3.63) is 53.6 Å². The average molecular weight is 344 g/mol. The summed E-state index contributed by atoms with van der Waals surface area (Å²) in [6.07, 6.45) is 0. The van der Waals surface area contributed by atoms with Gasteiger partial charge in [-0.15, -0.1) is 0 Å². The Balaban J connectivity index is 2.18. The van der Waals surface area contributed by atoms with Crippen LogP contribution < -0.4 is 20.1 Å². The molecule has 2 amide bonds. The molecule has 0 unspecified atom stereocenters. The summed E-state index contributed by atoms with van der Waals surface area (Å²) in [5.74, 6) is 0.144. The number of amides is 2. The first kappa shape index (κ1) is 18.1. The van der Waals surface area contributed by atoms with Crippen LogP contribution in [0.1, 0.15) is 15.9 Å². The van der Waals surface area contributed by atoms with Gasteiger partial charge in [-0.05, 0) is 5.56 Å². The van der Waals surface area contributed by atoms with E-state index in [-0.39, 0.29) is 11.3 Å². The first-order valence-corrected chi connectivity index (χ1v) is 7.52. The summed E-state index contributed by atoms with van der Waals surface area (Å²) in [5.41, 5.74) is 1.38. The summed E-state index contributed by atoms with van der Waals surface area (Å²) in [6, 6.07) is 12.0. The van der Waals surface area contributed by atoms with Crippen LogP contribution in [0.2, 0.25) is 0 Å². The number of methoxy groups -OCH3 is 3. The number of ether oxygens (including phenoxy) is 3. The fourth-order valence-corrected chi connectivity index (χ4v) is 2.21. The van der Waals surface area contributed by atoms with Gasteiger partial charge >= 0.3 is 12.0 Å². The number of urea groups is 1. The van der Waals surface area contributed by atoms with Crippen molar-refractivity contribution in [2.45, 2.75) is 6.54 Å². The van der Waals surface area contributed by atoms with Crippen molar-refractivity contribution >= 4 is 17.7 Å². The van der Waals surface area contributed by atoms with Gasteiger partial charge in [0.15, 0.2) is 11.5 Å². The number of anilines is 1. The summed E-state index contributed by atoms with van der Waals surface area (Å²) in [4.78, 5) is 24.1. The number of benzene rings is 2. The molecule has 2 N–H and O–H groups in total. The minimum absolute atomic E-state index is 0.162. The van der Waals surface area contributed by atoms with E-state index in [1.807, 2.05) is 30.3 Å². The maximum Gasteiger partial charge on any atom is 0.340 e. The molecule has 0 spiro atoms. The zero-order valence-electron chi connectivity index (χ0n) is 14.3. The van der Waals surface area contributed by atoms with Crippen LogP contribution in [0.4, 0.5) is 10.5 Å². The maximum absolute atomic E-state index is 12.2. The standard InChI is InChI=1S/C18H20N2O5/c1-23-15-9-13(17(21)25-3)14(10-16(15)24-2)20-18(22)19-11-12-7-5-4-6-8-12/h4-10H,11H2,1-3H3,(H2,19,20,22). The van der Waals surface area contributed by atoms with Crippen molar-refractivity contribution in [2.24, 2.45) is 0 Å². The minimum atomic E-state index is -0.598. The van der Waals surface area contributed by atoms with Crippen LogP contribution in [-0.2, 0) is 11.3 Å². The highest BCUT2D eigenvalue weighted by Gasteiger charge is 2.19. The van der Waals surface area contributed by atoms with Gasteiger partial charge < -0.3 is 24.8 Å². The van der Waals surface area contributed by atoms with Crippen molar-refractivity contribution in [3.63, 3.8) is 0 Å². The van der Waals surface area contributed by atoms with Crippen molar-refractivity contribution in [3.8, 4) is 11.5 Å². The lowest BCUT2D eigenvalue weighted by Crippen LogP contribution is -2.29. The highest BCUT2D eigenvalue weighted by molar-refractivity contribution is 6.01. The van der Waals surface area contributed by atoms with Gasteiger partial charge in [-0.25, -0.2) is 9.59 Å². The molecule has 0 bridgehead atoms. The second-order valence-corrected chi connectivity index (χ2v) is 5.04. The zero-order chi connectivity index (χ0) is 18.2. The number of carbonyl (C=O) groups excluding carboxylic acids is 2. The van der Waals surface area contributed by atoms with Crippen molar-refractivity contribution < 1.29 is 23.8 Å². The summed E-state index contributed by atoms with van der Waals surface area (Å²) < 4.78 is 15.1. The second kappa shape index (κ2) is 8.58. The third-order valence-corrected chi connectivity index (χ3v) is 3.47. The lowest BCUT2D eigenvalue weighted by atomic mass is 10.1. The van der Waals surface area contributed by atoms with Crippen LogP contribution in [0.5, 0.6) is 11.5 Å². The number of rotatable bonds is 6. The zero-order valence-corrected chi connectivity index (χ0v) is 14.3. The highest BCUT2D eigenvalue weighted by atomic mass is 16.5. The Kier molecular flexibility index (Phi) is 6.22. The van der Waals surface area contributed by atoms with Gasteiger partial charge in [-0.3, -0.25) is 0 Å². The van der Waals surface area contributed by atoms with E-state index >= 15 is 0 Å². The van der Waals surface area contributed by atoms with Crippen LogP contribution >= 0.6 is 0 Å². The van der Waals surface area contributed by atoms with E-state index in [1.165, 1.54) is 33.5 Å². The summed E-state index contributed by atoms with van der Waals surface area (Å²) in [5, 5.41) is 5.36. The molecule has 0 saturated heterocycles. The molecular formula is C18H20N2O5. The number of nitrogens with one attached hydrogen (secondary N) is 2. The first-order chi connectivity index (χ1) is 12.1. The molecule has 7 nitrogen and oxygen atoms in total. The molecular weight excluding hydrogens is 324 g/mol. The van der Waals surface area contributed by atoms with Crippen LogP contribution in [0, 0.1) is 0 Å². The number of hydrogen-bond acceptors (Lipinski definition) is 5. The second-order valence-electron chi connectivity index (χ2n) is 5.04. The Morgan fingerprint density at radius 2 is 1.60 bits per heavy atom. The fourth-order valence-electron chi connectivity index (χ4n) is 2.21. The van der Waals surface area contributed by atoms with Crippen LogP contribution in [0.3, 0.4) is 0 Å². The molecule has 0 aromatic heterocycles. The van der Waals surface area contributed by atoms with Crippen LogP contribution in [-0.4, -0.2) is 33.3 Å².